The van der Waals surface area contributed by atoms with Gasteiger partial charge in [0.15, 0.2) is 11.5 Å². The number of hydrogen-bond donors (Lipinski definition) is 4. The van der Waals surface area contributed by atoms with E-state index in [2.05, 4.69) is 20.3 Å². The molecule has 0 radical (unpaired) electrons. The number of aryl methyl sites for hydroxylation is 1. The van der Waals surface area contributed by atoms with Gasteiger partial charge in [0.2, 0.25) is 5.95 Å². The largest absolute Gasteiger partial charge is 0.382 e. The predicted molar refractivity (Wildman–Crippen MR) is 70.7 cm³/mol. The average Bonchev–Trinajstić information content (AvgIpc) is 2.72. The molecule has 0 spiro atoms. The molecule has 8 heteroatoms. The van der Waals surface area contributed by atoms with Crippen molar-refractivity contribution in [3.8, 4) is 0 Å². The lowest BCUT2D eigenvalue weighted by atomic mass is 10.4. The highest BCUT2D eigenvalue weighted by Gasteiger charge is 2.09. The first-order chi connectivity index (χ1) is 8.72. The Labute approximate surface area is 105 Å². The van der Waals surface area contributed by atoms with Gasteiger partial charge in [-0.1, -0.05) is 0 Å². The van der Waals surface area contributed by atoms with E-state index in [9.17, 15) is 0 Å². The summed E-state index contributed by atoms with van der Waals surface area (Å²) in [5.74, 6) is 0.487. The van der Waals surface area contributed by atoms with Crippen LogP contribution in [0.2, 0.25) is 0 Å². The molecular formula is C10H18N8. The van der Waals surface area contributed by atoms with Crippen LogP contribution in [0, 0.1) is 0 Å². The van der Waals surface area contributed by atoms with Crippen LogP contribution in [0.15, 0.2) is 6.33 Å². The molecule has 8 nitrogen and oxygen atoms in total. The fraction of sp³-hybridized carbons (Fsp3) is 0.500. The van der Waals surface area contributed by atoms with Gasteiger partial charge >= 0.3 is 0 Å². The number of nitrogen functional groups attached to an aromatic ring is 2. The minimum absolute atomic E-state index is 0.169. The molecule has 0 bridgehead atoms. The van der Waals surface area contributed by atoms with Crippen molar-refractivity contribution in [1.82, 2.24) is 24.8 Å². The Morgan fingerprint density at radius 2 is 2.06 bits per heavy atom. The fourth-order valence-electron chi connectivity index (χ4n) is 1.75. The van der Waals surface area contributed by atoms with E-state index < -0.39 is 0 Å². The number of imidazole rings is 1. The molecule has 0 unspecified atom stereocenters. The summed E-state index contributed by atoms with van der Waals surface area (Å²) in [6.45, 7) is 3.16. The molecule has 98 valence electrons. The second kappa shape index (κ2) is 5.61. The molecule has 2 rings (SSSR count). The van der Waals surface area contributed by atoms with Gasteiger partial charge in [0.25, 0.3) is 0 Å². The summed E-state index contributed by atoms with van der Waals surface area (Å²) in [7, 11) is 0. The standard InChI is InChI=1S/C10H18N8/c11-2-4-14-3-1-5-18-6-15-7-8(12)16-10(13)17-9(7)18/h6,14H,1-5,11H2,(H4,12,13,16,17). The maximum absolute atomic E-state index is 5.73. The van der Waals surface area contributed by atoms with E-state index in [4.69, 9.17) is 17.2 Å². The molecule has 7 N–H and O–H groups in total. The number of aromatic nitrogens is 4. The summed E-state index contributed by atoms with van der Waals surface area (Å²) in [5.41, 5.74) is 18.0. The summed E-state index contributed by atoms with van der Waals surface area (Å²) >= 11 is 0. The van der Waals surface area contributed by atoms with Crippen molar-refractivity contribution in [2.75, 3.05) is 31.1 Å². The zero-order chi connectivity index (χ0) is 13.0. The van der Waals surface area contributed by atoms with Crippen LogP contribution in [-0.2, 0) is 6.54 Å². The maximum Gasteiger partial charge on any atom is 0.224 e. The van der Waals surface area contributed by atoms with Crippen LogP contribution < -0.4 is 22.5 Å². The first-order valence-corrected chi connectivity index (χ1v) is 5.87. The van der Waals surface area contributed by atoms with Crippen molar-refractivity contribution in [1.29, 1.82) is 0 Å². The number of rotatable bonds is 6. The van der Waals surface area contributed by atoms with Gasteiger partial charge in [-0.15, -0.1) is 0 Å². The lowest BCUT2D eigenvalue weighted by Crippen LogP contribution is -2.24. The molecule has 2 aromatic heterocycles. The topological polar surface area (TPSA) is 134 Å². The Bertz CT molecular complexity index is 520. The van der Waals surface area contributed by atoms with Crippen LogP contribution in [0.5, 0.6) is 0 Å². The number of nitrogens with zero attached hydrogens (tertiary/aromatic N) is 4. The van der Waals surface area contributed by atoms with Crippen molar-refractivity contribution < 1.29 is 0 Å². The van der Waals surface area contributed by atoms with Gasteiger partial charge in [0, 0.05) is 19.6 Å². The van der Waals surface area contributed by atoms with E-state index in [0.717, 1.165) is 26.1 Å². The lowest BCUT2D eigenvalue weighted by molar-refractivity contribution is 0.590. The van der Waals surface area contributed by atoms with E-state index in [1.807, 2.05) is 4.57 Å². The van der Waals surface area contributed by atoms with Crippen LogP contribution >= 0.6 is 0 Å². The van der Waals surface area contributed by atoms with Crippen molar-refractivity contribution in [2.45, 2.75) is 13.0 Å². The monoisotopic (exact) mass is 250 g/mol. The first-order valence-electron chi connectivity index (χ1n) is 5.87. The van der Waals surface area contributed by atoms with Crippen molar-refractivity contribution in [2.24, 2.45) is 5.73 Å². The van der Waals surface area contributed by atoms with Crippen LogP contribution in [0.25, 0.3) is 11.2 Å². The molecular weight excluding hydrogens is 232 g/mol. The van der Waals surface area contributed by atoms with E-state index in [1.165, 1.54) is 0 Å². The Kier molecular flexibility index (Phi) is 3.90. The third-order valence-electron chi connectivity index (χ3n) is 2.58. The predicted octanol–water partition coefficient (Wildman–Crippen LogP) is -1.07. The molecule has 18 heavy (non-hydrogen) atoms. The number of anilines is 2. The molecule has 0 saturated heterocycles. The van der Waals surface area contributed by atoms with Crippen LogP contribution in [-0.4, -0.2) is 39.2 Å². The maximum atomic E-state index is 5.73. The SMILES string of the molecule is NCCNCCCn1cnc2c(N)nc(N)nc21. The van der Waals surface area contributed by atoms with Gasteiger partial charge in [-0.2, -0.15) is 9.97 Å². The Balaban J connectivity index is 2.05. The third-order valence-corrected chi connectivity index (χ3v) is 2.58. The molecule has 2 heterocycles. The minimum Gasteiger partial charge on any atom is -0.382 e. The molecule has 0 amide bonds. The van der Waals surface area contributed by atoms with Gasteiger partial charge < -0.3 is 27.1 Å². The summed E-state index contributed by atoms with van der Waals surface area (Å²) in [5, 5.41) is 3.23. The number of hydrogen-bond acceptors (Lipinski definition) is 7. The zero-order valence-corrected chi connectivity index (χ0v) is 10.1. The van der Waals surface area contributed by atoms with Gasteiger partial charge in [0.1, 0.15) is 5.52 Å². The van der Waals surface area contributed by atoms with E-state index in [-0.39, 0.29) is 5.95 Å². The quantitative estimate of drug-likeness (QED) is 0.479. The molecule has 0 fully saturated rings. The average molecular weight is 250 g/mol. The van der Waals surface area contributed by atoms with Crippen LogP contribution in [0.1, 0.15) is 6.42 Å². The fourth-order valence-corrected chi connectivity index (χ4v) is 1.75. The van der Waals surface area contributed by atoms with E-state index in [0.29, 0.717) is 23.5 Å². The smallest absolute Gasteiger partial charge is 0.224 e. The molecule has 0 saturated carbocycles. The molecule has 0 aliphatic carbocycles. The highest BCUT2D eigenvalue weighted by atomic mass is 15.2. The zero-order valence-electron chi connectivity index (χ0n) is 10.1. The molecule has 0 atom stereocenters. The highest BCUT2D eigenvalue weighted by molar-refractivity contribution is 5.82. The van der Waals surface area contributed by atoms with E-state index >= 15 is 0 Å². The number of nitrogens with two attached hydrogens (primary N) is 3. The van der Waals surface area contributed by atoms with E-state index in [1.54, 1.807) is 6.33 Å². The first kappa shape index (κ1) is 12.5. The molecule has 0 aliphatic rings. The van der Waals surface area contributed by atoms with Crippen LogP contribution in [0.3, 0.4) is 0 Å². The molecule has 0 aromatic carbocycles. The Morgan fingerprint density at radius 1 is 1.22 bits per heavy atom. The van der Waals surface area contributed by atoms with Crippen molar-refractivity contribution in [3.63, 3.8) is 0 Å². The Hall–Kier alpha value is -1.93. The van der Waals surface area contributed by atoms with Crippen LogP contribution in [0.4, 0.5) is 11.8 Å². The van der Waals surface area contributed by atoms with Gasteiger partial charge in [-0.25, -0.2) is 4.98 Å². The Morgan fingerprint density at radius 3 is 2.83 bits per heavy atom. The van der Waals surface area contributed by atoms with Gasteiger partial charge in [-0.05, 0) is 13.0 Å². The summed E-state index contributed by atoms with van der Waals surface area (Å²) in [6.07, 6.45) is 2.66. The minimum atomic E-state index is 0.169. The normalized spacial score (nSPS) is 11.2. The highest BCUT2D eigenvalue weighted by Crippen LogP contribution is 2.16. The summed E-state index contributed by atoms with van der Waals surface area (Å²) < 4.78 is 1.92. The molecule has 2 aromatic rings. The number of nitrogens with one attached hydrogen (secondary N) is 1. The lowest BCUT2D eigenvalue weighted by Gasteiger charge is -2.05. The van der Waals surface area contributed by atoms with Gasteiger partial charge in [-0.3, -0.25) is 0 Å². The van der Waals surface area contributed by atoms with Gasteiger partial charge in [0.05, 0.1) is 6.33 Å². The second-order valence-corrected chi connectivity index (χ2v) is 3.97. The molecule has 0 aliphatic heterocycles. The summed E-state index contributed by atoms with van der Waals surface area (Å²) in [4.78, 5) is 12.2. The second-order valence-electron chi connectivity index (χ2n) is 3.97. The third kappa shape index (κ3) is 2.66. The number of fused-ring (bicyclic) bond motifs is 1. The van der Waals surface area contributed by atoms with Crippen molar-refractivity contribution in [3.05, 3.63) is 6.33 Å². The van der Waals surface area contributed by atoms with Crippen molar-refractivity contribution >= 4 is 22.9 Å². The summed E-state index contributed by atoms with van der Waals surface area (Å²) in [6, 6.07) is 0.